The topological polar surface area (TPSA) is 75.7 Å². The van der Waals surface area contributed by atoms with Crippen molar-refractivity contribution in [3.63, 3.8) is 0 Å². The van der Waals surface area contributed by atoms with Gasteiger partial charge in [0.2, 0.25) is 10.0 Å². The number of rotatable bonds is 7. The molecule has 0 spiro atoms. The molecule has 1 aromatic carbocycles. The highest BCUT2D eigenvalue weighted by molar-refractivity contribution is 7.89. The second-order valence-corrected chi connectivity index (χ2v) is 8.65. The number of amides is 1. The molecule has 0 aliphatic heterocycles. The molecular formula is C18H28N2O4S. The molecule has 140 valence electrons. The Hall–Kier alpha value is -1.86. The van der Waals surface area contributed by atoms with E-state index < -0.39 is 15.6 Å². The molecule has 0 fully saturated rings. The fraction of sp³-hybridized carbons (Fsp3) is 0.500. The van der Waals surface area contributed by atoms with Crippen molar-refractivity contribution in [3.8, 4) is 5.75 Å². The second-order valence-electron chi connectivity index (χ2n) is 7.00. The van der Waals surface area contributed by atoms with E-state index in [1.807, 2.05) is 13.8 Å². The zero-order valence-corrected chi connectivity index (χ0v) is 16.7. The molecule has 6 nitrogen and oxygen atoms in total. The first-order chi connectivity index (χ1) is 11.4. The van der Waals surface area contributed by atoms with Gasteiger partial charge in [-0.3, -0.25) is 4.79 Å². The monoisotopic (exact) mass is 368 g/mol. The molecule has 1 aromatic rings. The zero-order valence-electron chi connectivity index (χ0n) is 15.8. The van der Waals surface area contributed by atoms with E-state index in [9.17, 15) is 13.2 Å². The summed E-state index contributed by atoms with van der Waals surface area (Å²) in [5.74, 6) is -0.0587. The fourth-order valence-electron chi connectivity index (χ4n) is 2.31. The van der Waals surface area contributed by atoms with Gasteiger partial charge < -0.3 is 9.64 Å². The Kier molecular flexibility index (Phi) is 6.79. The van der Waals surface area contributed by atoms with Crippen LogP contribution in [-0.2, 0) is 10.0 Å². The van der Waals surface area contributed by atoms with Gasteiger partial charge in [-0.25, -0.2) is 13.1 Å². The summed E-state index contributed by atoms with van der Waals surface area (Å²) in [4.78, 5) is 14.3. The normalized spacial score (nSPS) is 11.9. The summed E-state index contributed by atoms with van der Waals surface area (Å²) in [6, 6.07) is 4.42. The van der Waals surface area contributed by atoms with E-state index in [4.69, 9.17) is 4.74 Å². The van der Waals surface area contributed by atoms with E-state index >= 15 is 0 Å². The number of ether oxygens (including phenoxy) is 1. The summed E-state index contributed by atoms with van der Waals surface area (Å²) >= 11 is 0. The maximum Gasteiger partial charge on any atom is 0.254 e. The molecule has 0 saturated carbocycles. The van der Waals surface area contributed by atoms with Crippen LogP contribution in [0.1, 0.15) is 45.0 Å². The van der Waals surface area contributed by atoms with Crippen molar-refractivity contribution in [1.82, 2.24) is 9.62 Å². The van der Waals surface area contributed by atoms with E-state index in [1.165, 1.54) is 19.2 Å². The van der Waals surface area contributed by atoms with Gasteiger partial charge in [0.1, 0.15) is 10.6 Å². The molecule has 0 bridgehead atoms. The van der Waals surface area contributed by atoms with Gasteiger partial charge in [0.05, 0.1) is 7.11 Å². The number of sulfonamides is 1. The molecule has 0 aliphatic rings. The molecule has 1 rings (SSSR count). The summed E-state index contributed by atoms with van der Waals surface area (Å²) in [5, 5.41) is 0. The Morgan fingerprint density at radius 2 is 1.92 bits per heavy atom. The number of nitrogens with one attached hydrogen (secondary N) is 1. The van der Waals surface area contributed by atoms with Crippen molar-refractivity contribution < 1.29 is 17.9 Å². The number of benzene rings is 1. The standard InChI is InChI=1S/C18H28N2O4S/c1-8-20(12-13(2)3)17(21)14-9-10-15(24-7)16(11-14)25(22,23)19-18(4,5)6/h9-11,19H,2,8,12H2,1,3-7H3. The van der Waals surface area contributed by atoms with E-state index in [2.05, 4.69) is 11.3 Å². The third-order valence-corrected chi connectivity index (χ3v) is 5.05. The van der Waals surface area contributed by atoms with E-state index in [-0.39, 0.29) is 22.1 Å². The third kappa shape index (κ3) is 5.86. The summed E-state index contributed by atoms with van der Waals surface area (Å²) in [7, 11) is -2.44. The van der Waals surface area contributed by atoms with Gasteiger partial charge in [0.25, 0.3) is 5.91 Å². The lowest BCUT2D eigenvalue weighted by molar-refractivity contribution is 0.0778. The summed E-state index contributed by atoms with van der Waals surface area (Å²) in [6.45, 7) is 13.7. The van der Waals surface area contributed by atoms with Gasteiger partial charge in [-0.15, -0.1) is 0 Å². The number of hydrogen-bond donors (Lipinski definition) is 1. The van der Waals surface area contributed by atoms with Gasteiger partial charge in [-0.2, -0.15) is 0 Å². The first kappa shape index (κ1) is 21.2. The minimum absolute atomic E-state index is 0.0536. The average Bonchev–Trinajstić information content (AvgIpc) is 2.48. The number of carbonyl (C=O) groups excluding carboxylic acids is 1. The molecule has 0 radical (unpaired) electrons. The van der Waals surface area contributed by atoms with E-state index in [0.29, 0.717) is 13.1 Å². The maximum absolute atomic E-state index is 12.7. The third-order valence-electron chi connectivity index (χ3n) is 3.27. The molecule has 1 N–H and O–H groups in total. The Morgan fingerprint density at radius 1 is 1.32 bits per heavy atom. The maximum atomic E-state index is 12.7. The van der Waals surface area contributed by atoms with E-state index in [1.54, 1.807) is 31.7 Å². The summed E-state index contributed by atoms with van der Waals surface area (Å²) in [5.41, 5.74) is 0.489. The molecule has 0 saturated heterocycles. The van der Waals surface area contributed by atoms with Crippen molar-refractivity contribution in [2.75, 3.05) is 20.2 Å². The van der Waals surface area contributed by atoms with Crippen molar-refractivity contribution in [1.29, 1.82) is 0 Å². The highest BCUT2D eigenvalue weighted by Crippen LogP contribution is 2.26. The van der Waals surface area contributed by atoms with E-state index in [0.717, 1.165) is 5.57 Å². The number of hydrogen-bond acceptors (Lipinski definition) is 4. The number of methoxy groups -OCH3 is 1. The van der Waals surface area contributed by atoms with Gasteiger partial charge in [0.15, 0.2) is 0 Å². The highest BCUT2D eigenvalue weighted by Gasteiger charge is 2.27. The van der Waals surface area contributed by atoms with Crippen LogP contribution in [0.25, 0.3) is 0 Å². The lowest BCUT2D eigenvalue weighted by atomic mass is 10.1. The largest absolute Gasteiger partial charge is 0.495 e. The molecule has 0 aliphatic carbocycles. The van der Waals surface area contributed by atoms with Crippen LogP contribution in [0.3, 0.4) is 0 Å². The Labute approximate surface area is 150 Å². The van der Waals surface area contributed by atoms with Crippen molar-refractivity contribution in [2.24, 2.45) is 0 Å². The molecular weight excluding hydrogens is 340 g/mol. The molecule has 0 aromatic heterocycles. The first-order valence-corrected chi connectivity index (χ1v) is 9.55. The molecule has 7 heteroatoms. The van der Waals surface area contributed by atoms with Crippen molar-refractivity contribution in [3.05, 3.63) is 35.9 Å². The molecule has 0 heterocycles. The summed E-state index contributed by atoms with van der Waals surface area (Å²) < 4.78 is 33.1. The van der Waals surface area contributed by atoms with Crippen LogP contribution >= 0.6 is 0 Å². The predicted octanol–water partition coefficient (Wildman–Crippen LogP) is 2.81. The predicted molar refractivity (Wildman–Crippen MR) is 99.5 cm³/mol. The smallest absolute Gasteiger partial charge is 0.254 e. The van der Waals surface area contributed by atoms with Crippen LogP contribution in [0.4, 0.5) is 0 Å². The van der Waals surface area contributed by atoms with Crippen LogP contribution in [0, 0.1) is 0 Å². The second kappa shape index (κ2) is 8.01. The summed E-state index contributed by atoms with van der Waals surface area (Å²) in [6.07, 6.45) is 0. The minimum atomic E-state index is -3.84. The Morgan fingerprint density at radius 3 is 2.36 bits per heavy atom. The Bertz CT molecular complexity index is 749. The highest BCUT2D eigenvalue weighted by atomic mass is 32.2. The minimum Gasteiger partial charge on any atom is -0.495 e. The van der Waals surface area contributed by atoms with Crippen LogP contribution in [0.2, 0.25) is 0 Å². The zero-order chi connectivity index (χ0) is 19.4. The fourth-order valence-corrected chi connectivity index (χ4v) is 3.93. The van der Waals surface area contributed by atoms with Gasteiger partial charge >= 0.3 is 0 Å². The van der Waals surface area contributed by atoms with Gasteiger partial charge in [-0.1, -0.05) is 12.2 Å². The number of nitrogens with zero attached hydrogens (tertiary/aromatic N) is 1. The molecule has 1 amide bonds. The quantitative estimate of drug-likeness (QED) is 0.751. The molecule has 0 atom stereocenters. The SMILES string of the molecule is C=C(C)CN(CC)C(=O)c1ccc(OC)c(S(=O)(=O)NC(C)(C)C)c1. The molecule has 0 unspecified atom stereocenters. The number of likely N-dealkylation sites (N-methyl/N-ethyl adjacent to an activating group) is 1. The average molecular weight is 368 g/mol. The lowest BCUT2D eigenvalue weighted by Crippen LogP contribution is -2.40. The van der Waals surface area contributed by atoms with Gasteiger partial charge in [-0.05, 0) is 52.8 Å². The van der Waals surface area contributed by atoms with Crippen LogP contribution < -0.4 is 9.46 Å². The van der Waals surface area contributed by atoms with Crippen LogP contribution in [0.5, 0.6) is 5.75 Å². The van der Waals surface area contributed by atoms with Crippen LogP contribution in [-0.4, -0.2) is 45.0 Å². The lowest BCUT2D eigenvalue weighted by Gasteiger charge is -2.23. The molecule has 25 heavy (non-hydrogen) atoms. The van der Waals surface area contributed by atoms with Crippen molar-refractivity contribution in [2.45, 2.75) is 45.1 Å². The Balaban J connectivity index is 3.35. The van der Waals surface area contributed by atoms with Gasteiger partial charge in [0, 0.05) is 24.2 Å². The van der Waals surface area contributed by atoms with Crippen molar-refractivity contribution >= 4 is 15.9 Å². The van der Waals surface area contributed by atoms with Crippen LogP contribution in [0.15, 0.2) is 35.2 Å². The first-order valence-electron chi connectivity index (χ1n) is 8.07. The number of carbonyl (C=O) groups is 1.